The summed E-state index contributed by atoms with van der Waals surface area (Å²) in [6.45, 7) is 4.85. The number of pyridine rings is 1. The van der Waals surface area contributed by atoms with Crippen LogP contribution in [0, 0.1) is 5.92 Å². The Balaban J connectivity index is 1.06. The van der Waals surface area contributed by atoms with Crippen LogP contribution in [0.1, 0.15) is 60.9 Å². The van der Waals surface area contributed by atoms with E-state index in [0.717, 1.165) is 53.2 Å². The molecule has 2 saturated heterocycles. The Morgan fingerprint density at radius 2 is 1.95 bits per heavy atom. The number of aliphatic hydroxyl groups is 1. The van der Waals surface area contributed by atoms with Crippen LogP contribution in [-0.4, -0.2) is 68.6 Å². The van der Waals surface area contributed by atoms with Gasteiger partial charge in [0.2, 0.25) is 0 Å². The molecule has 3 aliphatic carbocycles. The number of anilines is 1. The van der Waals surface area contributed by atoms with Crippen LogP contribution in [0.2, 0.25) is 5.02 Å². The van der Waals surface area contributed by atoms with Gasteiger partial charge in [-0.15, -0.1) is 0 Å². The number of nitrogens with one attached hydrogen (secondary N) is 1. The number of ether oxygens (including phenoxy) is 1. The second kappa shape index (κ2) is 8.50. The van der Waals surface area contributed by atoms with E-state index in [4.69, 9.17) is 16.3 Å². The minimum Gasteiger partial charge on any atom is -0.389 e. The summed E-state index contributed by atoms with van der Waals surface area (Å²) in [5.74, 6) is 1.51. The van der Waals surface area contributed by atoms with Crippen molar-refractivity contribution in [3.63, 3.8) is 0 Å². The van der Waals surface area contributed by atoms with Gasteiger partial charge in [0.05, 0.1) is 42.2 Å². The Hall–Kier alpha value is -2.52. The Morgan fingerprint density at radius 1 is 1.16 bits per heavy atom. The van der Waals surface area contributed by atoms with Crippen molar-refractivity contribution in [3.8, 4) is 0 Å². The third-order valence-electron chi connectivity index (χ3n) is 9.46. The third-order valence-corrected chi connectivity index (χ3v) is 9.79. The van der Waals surface area contributed by atoms with E-state index in [2.05, 4.69) is 33.3 Å². The molecule has 0 unspecified atom stereocenters. The van der Waals surface area contributed by atoms with Crippen LogP contribution in [0.25, 0.3) is 10.8 Å². The first-order chi connectivity index (χ1) is 17.8. The first-order valence-corrected chi connectivity index (χ1v) is 13.7. The fourth-order valence-electron chi connectivity index (χ4n) is 6.82. The molecule has 3 aromatic rings. The largest absolute Gasteiger partial charge is 0.389 e. The molecule has 2 aromatic heterocycles. The molecule has 194 valence electrons. The van der Waals surface area contributed by atoms with E-state index in [-0.39, 0.29) is 17.0 Å². The van der Waals surface area contributed by atoms with Gasteiger partial charge >= 0.3 is 0 Å². The Morgan fingerprint density at radius 3 is 2.62 bits per heavy atom. The first kappa shape index (κ1) is 23.6. The number of benzene rings is 1. The lowest BCUT2D eigenvalue weighted by molar-refractivity contribution is -0.0978. The monoisotopic (exact) mass is 521 g/mol. The molecule has 1 aromatic carbocycles. The zero-order valence-corrected chi connectivity index (χ0v) is 21.7. The highest BCUT2D eigenvalue weighted by molar-refractivity contribution is 6.32. The van der Waals surface area contributed by atoms with Crippen molar-refractivity contribution in [1.29, 1.82) is 0 Å². The molecule has 4 heterocycles. The van der Waals surface area contributed by atoms with Gasteiger partial charge in [0.25, 0.3) is 5.91 Å². The molecule has 8 rings (SSSR count). The quantitative estimate of drug-likeness (QED) is 0.523. The van der Waals surface area contributed by atoms with Crippen LogP contribution in [0.4, 0.5) is 5.82 Å². The minimum absolute atomic E-state index is 0.165. The van der Waals surface area contributed by atoms with Crippen LogP contribution in [0.15, 0.2) is 36.8 Å². The number of carbonyl (C=O) groups excluding carboxylic acids is 1. The lowest BCUT2D eigenvalue weighted by atomic mass is 9.50. The number of likely N-dealkylation sites (tertiary alicyclic amines) is 1. The minimum atomic E-state index is -0.452. The lowest BCUT2D eigenvalue weighted by Gasteiger charge is -2.61. The van der Waals surface area contributed by atoms with E-state index in [0.29, 0.717) is 30.5 Å². The maximum atomic E-state index is 12.9. The fraction of sp³-hybridized carbons (Fsp3) is 0.536. The third kappa shape index (κ3) is 3.80. The van der Waals surface area contributed by atoms with E-state index in [1.54, 1.807) is 12.4 Å². The molecule has 5 fully saturated rings. The number of nitrogens with zero attached hydrogens (tertiary/aromatic N) is 4. The molecule has 2 atom stereocenters. The molecule has 2 aliphatic heterocycles. The summed E-state index contributed by atoms with van der Waals surface area (Å²) in [4.78, 5) is 19.7. The normalized spacial score (nSPS) is 31.8. The van der Waals surface area contributed by atoms with Crippen LogP contribution in [-0.2, 0) is 10.3 Å². The smallest absolute Gasteiger partial charge is 0.260 e. The number of carbonyl (C=O) groups is 1. The summed E-state index contributed by atoms with van der Waals surface area (Å²) in [6, 6.07) is 6.04. The lowest BCUT2D eigenvalue weighted by Crippen LogP contribution is -2.59. The molecule has 2 N–H and O–H groups in total. The fourth-order valence-corrected chi connectivity index (χ4v) is 7.15. The molecular weight excluding hydrogens is 490 g/mol. The molecule has 9 heteroatoms. The van der Waals surface area contributed by atoms with Crippen LogP contribution in [0.5, 0.6) is 0 Å². The highest BCUT2D eigenvalue weighted by Crippen LogP contribution is 2.61. The zero-order chi connectivity index (χ0) is 25.4. The van der Waals surface area contributed by atoms with Crippen molar-refractivity contribution >= 4 is 34.1 Å². The van der Waals surface area contributed by atoms with Gasteiger partial charge in [-0.2, -0.15) is 5.10 Å². The van der Waals surface area contributed by atoms with E-state index in [1.807, 2.05) is 23.0 Å². The number of aromatic nitrogens is 3. The van der Waals surface area contributed by atoms with Gasteiger partial charge in [0.1, 0.15) is 5.82 Å². The van der Waals surface area contributed by atoms with Gasteiger partial charge in [-0.05, 0) is 93.1 Å². The highest BCUT2D eigenvalue weighted by Gasteiger charge is 2.58. The van der Waals surface area contributed by atoms with Crippen LogP contribution in [0.3, 0.4) is 0 Å². The number of rotatable bonds is 5. The Kier molecular flexibility index (Phi) is 5.42. The van der Waals surface area contributed by atoms with E-state index < -0.39 is 6.10 Å². The summed E-state index contributed by atoms with van der Waals surface area (Å²) < 4.78 is 7.53. The van der Waals surface area contributed by atoms with Crippen LogP contribution < -0.4 is 5.32 Å². The molecule has 0 radical (unpaired) electrons. The second-order valence-electron chi connectivity index (χ2n) is 11.8. The van der Waals surface area contributed by atoms with Crippen molar-refractivity contribution < 1.29 is 14.6 Å². The maximum absolute atomic E-state index is 12.9. The number of halogens is 1. The van der Waals surface area contributed by atoms with Crippen molar-refractivity contribution in [2.75, 3.05) is 31.6 Å². The predicted molar refractivity (Wildman–Crippen MR) is 141 cm³/mol. The molecule has 8 nitrogen and oxygen atoms in total. The van der Waals surface area contributed by atoms with E-state index in [1.165, 1.54) is 19.3 Å². The van der Waals surface area contributed by atoms with Crippen molar-refractivity contribution in [2.24, 2.45) is 5.92 Å². The molecular formula is C28H32ClN5O3. The number of piperidine rings is 1. The maximum Gasteiger partial charge on any atom is 0.260 e. The summed E-state index contributed by atoms with van der Waals surface area (Å²) in [7, 11) is 0. The Labute approximate surface area is 220 Å². The summed E-state index contributed by atoms with van der Waals surface area (Å²) in [6.07, 6.45) is 10.3. The summed E-state index contributed by atoms with van der Waals surface area (Å²) in [5.41, 5.74) is 1.54. The van der Waals surface area contributed by atoms with Gasteiger partial charge in [-0.1, -0.05) is 11.6 Å². The summed E-state index contributed by atoms with van der Waals surface area (Å²) in [5, 5.41) is 20.5. The number of amides is 1. The van der Waals surface area contributed by atoms with E-state index >= 15 is 0 Å². The standard InChI is InChI=1S/C28H32ClN5O3/c1-27(16-37-15-24(27)35)33-4-2-18(3-5-33)22-6-19-8-25(30-12-20(19)7-23(22)29)32-26(36)21-13-31-34(14-21)28-9-17(10-28)11-28/h6-8,12-14,17-18,24,35H,2-5,9-11,15-16H2,1H3,(H,30,32,36)/t17?,24-,27+,28?/m1/s1. The zero-order valence-electron chi connectivity index (χ0n) is 21.0. The molecule has 3 saturated carbocycles. The highest BCUT2D eigenvalue weighted by atomic mass is 35.5. The average molecular weight is 522 g/mol. The number of hydrogen-bond acceptors (Lipinski definition) is 6. The van der Waals surface area contributed by atoms with Crippen molar-refractivity contribution in [3.05, 3.63) is 52.9 Å². The van der Waals surface area contributed by atoms with Gasteiger partial charge in [0, 0.05) is 22.8 Å². The number of hydrogen-bond donors (Lipinski definition) is 2. The van der Waals surface area contributed by atoms with Crippen LogP contribution >= 0.6 is 11.6 Å². The number of fused-ring (bicyclic) bond motifs is 1. The molecule has 2 bridgehead atoms. The predicted octanol–water partition coefficient (Wildman–Crippen LogP) is 4.18. The average Bonchev–Trinajstić information content (AvgIpc) is 3.45. The molecule has 37 heavy (non-hydrogen) atoms. The van der Waals surface area contributed by atoms with Gasteiger partial charge in [-0.3, -0.25) is 14.4 Å². The van der Waals surface area contributed by atoms with Crippen molar-refractivity contribution in [2.45, 2.75) is 62.1 Å². The van der Waals surface area contributed by atoms with Gasteiger partial charge in [-0.25, -0.2) is 4.98 Å². The Bertz CT molecular complexity index is 1370. The van der Waals surface area contributed by atoms with Crippen molar-refractivity contribution in [1.82, 2.24) is 19.7 Å². The van der Waals surface area contributed by atoms with Gasteiger partial charge in [0.15, 0.2) is 0 Å². The molecule has 5 aliphatic rings. The topological polar surface area (TPSA) is 92.5 Å². The second-order valence-corrected chi connectivity index (χ2v) is 12.2. The first-order valence-electron chi connectivity index (χ1n) is 13.3. The summed E-state index contributed by atoms with van der Waals surface area (Å²) >= 11 is 6.73. The molecule has 0 spiro atoms. The number of aliphatic hydroxyl groups excluding tert-OH is 1. The molecule has 1 amide bonds. The van der Waals surface area contributed by atoms with Gasteiger partial charge < -0.3 is 15.2 Å². The SMILES string of the molecule is C[C@]1(N2CCC(c3cc4cc(NC(=O)c5cnn(C67CC(C6)C7)c5)ncc4cc3Cl)CC2)COC[C@H]1O. The van der Waals surface area contributed by atoms with E-state index in [9.17, 15) is 9.90 Å².